The Morgan fingerprint density at radius 2 is 1.71 bits per heavy atom. The van der Waals surface area contributed by atoms with Crippen LogP contribution in [-0.2, 0) is 4.74 Å². The molecule has 1 saturated heterocycles. The molecule has 0 spiro atoms. The Morgan fingerprint density at radius 1 is 1.00 bits per heavy atom. The number of nitro groups is 1. The van der Waals surface area contributed by atoms with Crippen molar-refractivity contribution in [3.63, 3.8) is 0 Å². The Morgan fingerprint density at radius 3 is 2.45 bits per heavy atom. The molecule has 4 rings (SSSR count). The molecule has 3 aromatic carbocycles. The maximum atomic E-state index is 13.2. The number of hydrogen-bond donors (Lipinski definition) is 1. The summed E-state index contributed by atoms with van der Waals surface area (Å²) in [6.45, 7) is 2.27. The molecule has 0 radical (unpaired) electrons. The van der Waals surface area contributed by atoms with Gasteiger partial charge in [-0.05, 0) is 30.3 Å². The molecule has 158 valence electrons. The summed E-state index contributed by atoms with van der Waals surface area (Å²) in [5.74, 6) is 0.656. The second kappa shape index (κ2) is 9.27. The molecule has 1 amide bonds. The van der Waals surface area contributed by atoms with E-state index in [9.17, 15) is 14.9 Å². The van der Waals surface area contributed by atoms with Gasteiger partial charge in [-0.15, -0.1) is 0 Å². The van der Waals surface area contributed by atoms with Crippen LogP contribution in [0.5, 0.6) is 11.5 Å². The number of morpholine rings is 1. The number of hydrogen-bond acceptors (Lipinski definition) is 6. The summed E-state index contributed by atoms with van der Waals surface area (Å²) >= 11 is 0. The molecular weight excluding hydrogens is 398 g/mol. The molecule has 1 heterocycles. The number of amides is 1. The van der Waals surface area contributed by atoms with E-state index in [0.717, 1.165) is 0 Å². The average molecular weight is 419 g/mol. The van der Waals surface area contributed by atoms with Crippen LogP contribution in [0.15, 0.2) is 72.8 Å². The van der Waals surface area contributed by atoms with Gasteiger partial charge in [-0.25, -0.2) is 0 Å². The third-order valence-corrected chi connectivity index (χ3v) is 4.89. The molecule has 1 fully saturated rings. The molecule has 3 aromatic rings. The number of non-ortho nitro benzene ring substituents is 1. The highest BCUT2D eigenvalue weighted by atomic mass is 16.6. The van der Waals surface area contributed by atoms with Gasteiger partial charge in [-0.2, -0.15) is 0 Å². The van der Waals surface area contributed by atoms with Crippen molar-refractivity contribution in [2.45, 2.75) is 0 Å². The third-order valence-electron chi connectivity index (χ3n) is 4.89. The van der Waals surface area contributed by atoms with Crippen molar-refractivity contribution in [2.75, 3.05) is 36.5 Å². The fourth-order valence-electron chi connectivity index (χ4n) is 3.36. The fourth-order valence-corrected chi connectivity index (χ4v) is 3.36. The van der Waals surface area contributed by atoms with Crippen LogP contribution in [0, 0.1) is 10.1 Å². The molecule has 1 aliphatic rings. The normalized spacial score (nSPS) is 13.5. The standard InChI is InChI=1S/C23H21N3O5/c27-23(24-20-8-4-5-9-22(20)31-18-6-2-1-3-7-18)19-16-17(26(28)29)10-11-21(19)25-12-14-30-15-13-25/h1-11,16H,12-15H2,(H,24,27). The van der Waals surface area contributed by atoms with Gasteiger partial charge in [0, 0.05) is 25.2 Å². The number of nitro benzene ring substituents is 1. The van der Waals surface area contributed by atoms with E-state index in [1.54, 1.807) is 30.3 Å². The van der Waals surface area contributed by atoms with Crippen LogP contribution in [0.1, 0.15) is 10.4 Å². The molecule has 31 heavy (non-hydrogen) atoms. The van der Waals surface area contributed by atoms with Crippen LogP contribution in [0.3, 0.4) is 0 Å². The summed E-state index contributed by atoms with van der Waals surface area (Å²) < 4.78 is 11.3. The Labute approximate surface area is 179 Å². The molecule has 0 unspecified atom stereocenters. The zero-order chi connectivity index (χ0) is 21.6. The van der Waals surface area contributed by atoms with Crippen LogP contribution in [0.2, 0.25) is 0 Å². The topological polar surface area (TPSA) is 93.9 Å². The largest absolute Gasteiger partial charge is 0.455 e. The second-order valence-electron chi connectivity index (χ2n) is 6.92. The summed E-state index contributed by atoms with van der Waals surface area (Å²) in [4.78, 5) is 26.0. The number of nitrogens with one attached hydrogen (secondary N) is 1. The fraction of sp³-hybridized carbons (Fsp3) is 0.174. The number of benzene rings is 3. The number of carbonyl (C=O) groups excluding carboxylic acids is 1. The molecule has 0 aromatic heterocycles. The minimum absolute atomic E-state index is 0.143. The molecular formula is C23H21N3O5. The van der Waals surface area contributed by atoms with Gasteiger partial charge in [0.1, 0.15) is 5.75 Å². The Balaban J connectivity index is 1.64. The highest BCUT2D eigenvalue weighted by Crippen LogP contribution is 2.31. The van der Waals surface area contributed by atoms with Gasteiger partial charge in [0.25, 0.3) is 11.6 Å². The molecule has 1 N–H and O–H groups in total. The predicted octanol–water partition coefficient (Wildman–Crippen LogP) is 4.48. The van der Waals surface area contributed by atoms with Gasteiger partial charge in [-0.1, -0.05) is 30.3 Å². The number of nitrogens with zero attached hydrogens (tertiary/aromatic N) is 2. The third kappa shape index (κ3) is 4.81. The molecule has 0 saturated carbocycles. The monoisotopic (exact) mass is 419 g/mol. The first-order valence-corrected chi connectivity index (χ1v) is 9.86. The second-order valence-corrected chi connectivity index (χ2v) is 6.92. The van der Waals surface area contributed by atoms with Gasteiger partial charge in [0.05, 0.1) is 35.1 Å². The molecule has 0 atom stereocenters. The van der Waals surface area contributed by atoms with Gasteiger partial charge in [-0.3, -0.25) is 14.9 Å². The molecule has 8 nitrogen and oxygen atoms in total. The Bertz CT molecular complexity index is 1080. The first-order valence-electron chi connectivity index (χ1n) is 9.86. The van der Waals surface area contributed by atoms with E-state index in [1.807, 2.05) is 35.2 Å². The van der Waals surface area contributed by atoms with Crippen molar-refractivity contribution in [2.24, 2.45) is 0 Å². The lowest BCUT2D eigenvalue weighted by Gasteiger charge is -2.30. The molecule has 1 aliphatic heterocycles. The highest BCUT2D eigenvalue weighted by Gasteiger charge is 2.23. The summed E-state index contributed by atoms with van der Waals surface area (Å²) in [6, 6.07) is 20.6. The number of para-hydroxylation sites is 3. The quantitative estimate of drug-likeness (QED) is 0.468. The Hall–Kier alpha value is -3.91. The van der Waals surface area contributed by atoms with Crippen molar-refractivity contribution < 1.29 is 19.2 Å². The molecule has 0 aliphatic carbocycles. The van der Waals surface area contributed by atoms with Gasteiger partial charge in [0.2, 0.25) is 0 Å². The number of ether oxygens (including phenoxy) is 2. The van der Waals surface area contributed by atoms with E-state index in [0.29, 0.717) is 49.2 Å². The summed E-state index contributed by atoms with van der Waals surface area (Å²) in [6.07, 6.45) is 0. The van der Waals surface area contributed by atoms with E-state index >= 15 is 0 Å². The zero-order valence-electron chi connectivity index (χ0n) is 16.7. The minimum Gasteiger partial charge on any atom is -0.455 e. The predicted molar refractivity (Wildman–Crippen MR) is 117 cm³/mol. The maximum absolute atomic E-state index is 13.2. The van der Waals surface area contributed by atoms with Crippen LogP contribution in [-0.4, -0.2) is 37.1 Å². The Kier molecular flexibility index (Phi) is 6.09. The van der Waals surface area contributed by atoms with Crippen molar-refractivity contribution in [3.05, 3.63) is 88.5 Å². The number of carbonyl (C=O) groups is 1. The lowest BCUT2D eigenvalue weighted by Crippen LogP contribution is -2.37. The first-order chi connectivity index (χ1) is 15.1. The van der Waals surface area contributed by atoms with E-state index in [4.69, 9.17) is 9.47 Å². The van der Waals surface area contributed by atoms with Crippen molar-refractivity contribution in [3.8, 4) is 11.5 Å². The summed E-state index contributed by atoms with van der Waals surface area (Å²) in [5, 5.41) is 14.1. The van der Waals surface area contributed by atoms with Crippen LogP contribution >= 0.6 is 0 Å². The van der Waals surface area contributed by atoms with E-state index in [-0.39, 0.29) is 11.3 Å². The summed E-state index contributed by atoms with van der Waals surface area (Å²) in [7, 11) is 0. The van der Waals surface area contributed by atoms with Crippen molar-refractivity contribution in [1.82, 2.24) is 0 Å². The SMILES string of the molecule is O=C(Nc1ccccc1Oc1ccccc1)c1cc([N+](=O)[O-])ccc1N1CCOCC1. The van der Waals surface area contributed by atoms with Gasteiger partial charge in [0.15, 0.2) is 5.75 Å². The lowest BCUT2D eigenvalue weighted by molar-refractivity contribution is -0.384. The smallest absolute Gasteiger partial charge is 0.270 e. The lowest BCUT2D eigenvalue weighted by atomic mass is 10.1. The van der Waals surface area contributed by atoms with Gasteiger partial charge >= 0.3 is 0 Å². The van der Waals surface area contributed by atoms with Crippen LogP contribution < -0.4 is 15.0 Å². The van der Waals surface area contributed by atoms with E-state index in [2.05, 4.69) is 5.32 Å². The zero-order valence-corrected chi connectivity index (χ0v) is 16.7. The number of rotatable bonds is 6. The molecule has 8 heteroatoms. The van der Waals surface area contributed by atoms with Crippen molar-refractivity contribution >= 4 is 23.0 Å². The summed E-state index contributed by atoms with van der Waals surface area (Å²) in [5.41, 5.74) is 1.19. The van der Waals surface area contributed by atoms with Crippen LogP contribution in [0.25, 0.3) is 0 Å². The minimum atomic E-state index is -0.508. The van der Waals surface area contributed by atoms with Gasteiger partial charge < -0.3 is 19.7 Å². The maximum Gasteiger partial charge on any atom is 0.270 e. The van der Waals surface area contributed by atoms with Crippen molar-refractivity contribution in [1.29, 1.82) is 0 Å². The van der Waals surface area contributed by atoms with E-state index in [1.165, 1.54) is 12.1 Å². The average Bonchev–Trinajstić information content (AvgIpc) is 2.81. The van der Waals surface area contributed by atoms with E-state index < -0.39 is 10.8 Å². The molecule has 0 bridgehead atoms. The highest BCUT2D eigenvalue weighted by molar-refractivity contribution is 6.09. The van der Waals surface area contributed by atoms with Crippen LogP contribution in [0.4, 0.5) is 17.1 Å². The first kappa shape index (κ1) is 20.4. The number of anilines is 2.